The monoisotopic (exact) mass is 327 g/mol. The second-order valence-corrected chi connectivity index (χ2v) is 5.84. The summed E-state index contributed by atoms with van der Waals surface area (Å²) in [5.41, 5.74) is 3.72. The minimum Gasteiger partial charge on any atom is -0.273 e. The fraction of sp³-hybridized carbons (Fsp3) is 0.154. The molecule has 1 heterocycles. The molecule has 20 heavy (non-hydrogen) atoms. The summed E-state index contributed by atoms with van der Waals surface area (Å²) < 4.78 is 0. The lowest BCUT2D eigenvalue weighted by atomic mass is 10.2. The molecule has 0 bridgehead atoms. The number of hydrogen-bond donors (Lipinski definition) is 1. The summed E-state index contributed by atoms with van der Waals surface area (Å²) in [6.45, 7) is 1.89. The first-order valence-electron chi connectivity index (χ1n) is 5.73. The molecule has 2 aromatic rings. The van der Waals surface area contributed by atoms with Crippen molar-refractivity contribution in [2.24, 2.45) is 5.10 Å². The Morgan fingerprint density at radius 3 is 2.75 bits per heavy atom. The molecule has 0 atom stereocenters. The molecule has 0 fully saturated rings. The number of nitrogens with one attached hydrogen (secondary N) is 1. The van der Waals surface area contributed by atoms with Crippen molar-refractivity contribution in [3.8, 4) is 0 Å². The predicted octanol–water partition coefficient (Wildman–Crippen LogP) is 3.45. The molecule has 0 radical (unpaired) electrons. The molecule has 7 heteroatoms. The lowest BCUT2D eigenvalue weighted by molar-refractivity contribution is -0.120. The molecule has 1 amide bonds. The standard InChI is InChI=1S/C13H11Cl2N3OS/c1-8-17-9(7-20-8)5-13(19)18-16-6-10-11(14)3-2-4-12(10)15/h2-4,6-7H,5H2,1H3,(H,18,19). The first-order valence-corrected chi connectivity index (χ1v) is 7.36. The van der Waals surface area contributed by atoms with Crippen molar-refractivity contribution in [2.45, 2.75) is 13.3 Å². The van der Waals surface area contributed by atoms with E-state index in [2.05, 4.69) is 15.5 Å². The minimum absolute atomic E-state index is 0.192. The van der Waals surface area contributed by atoms with E-state index in [-0.39, 0.29) is 12.3 Å². The van der Waals surface area contributed by atoms with E-state index in [1.54, 1.807) is 18.2 Å². The van der Waals surface area contributed by atoms with Crippen LogP contribution in [0.1, 0.15) is 16.3 Å². The van der Waals surface area contributed by atoms with E-state index in [0.717, 1.165) is 10.7 Å². The van der Waals surface area contributed by atoms with Crippen LogP contribution in [0.5, 0.6) is 0 Å². The van der Waals surface area contributed by atoms with Gasteiger partial charge < -0.3 is 0 Å². The largest absolute Gasteiger partial charge is 0.273 e. The fourth-order valence-electron chi connectivity index (χ4n) is 1.50. The van der Waals surface area contributed by atoms with Crippen molar-refractivity contribution in [3.63, 3.8) is 0 Å². The molecule has 0 aliphatic carbocycles. The Kier molecular flexibility index (Phi) is 5.11. The first-order chi connectivity index (χ1) is 9.56. The van der Waals surface area contributed by atoms with Gasteiger partial charge in [-0.05, 0) is 19.1 Å². The Hall–Kier alpha value is -1.43. The maximum Gasteiger partial charge on any atom is 0.246 e. The van der Waals surface area contributed by atoms with E-state index in [0.29, 0.717) is 15.6 Å². The molecule has 104 valence electrons. The second kappa shape index (κ2) is 6.83. The third-order valence-electron chi connectivity index (χ3n) is 2.39. The molecule has 0 aliphatic rings. The number of rotatable bonds is 4. The number of halogens is 2. The van der Waals surface area contributed by atoms with E-state index in [9.17, 15) is 4.79 Å². The number of thiazole rings is 1. The molecular formula is C13H11Cl2N3OS. The van der Waals surface area contributed by atoms with Gasteiger partial charge in [0.2, 0.25) is 5.91 Å². The second-order valence-electron chi connectivity index (χ2n) is 3.96. The summed E-state index contributed by atoms with van der Waals surface area (Å²) in [4.78, 5) is 15.9. The van der Waals surface area contributed by atoms with Gasteiger partial charge in [0.1, 0.15) is 0 Å². The first kappa shape index (κ1) is 15.0. The quantitative estimate of drug-likeness (QED) is 0.690. The number of aromatic nitrogens is 1. The Morgan fingerprint density at radius 2 is 2.15 bits per heavy atom. The van der Waals surface area contributed by atoms with Gasteiger partial charge in [0.15, 0.2) is 0 Å². The van der Waals surface area contributed by atoms with Gasteiger partial charge in [-0.3, -0.25) is 4.79 Å². The third-order valence-corrected chi connectivity index (χ3v) is 3.87. The Morgan fingerprint density at radius 1 is 1.45 bits per heavy atom. The van der Waals surface area contributed by atoms with Gasteiger partial charge in [-0.1, -0.05) is 29.3 Å². The zero-order valence-electron chi connectivity index (χ0n) is 10.6. The van der Waals surface area contributed by atoms with Crippen LogP contribution in [-0.2, 0) is 11.2 Å². The van der Waals surface area contributed by atoms with Gasteiger partial charge in [0.05, 0.1) is 33.4 Å². The highest BCUT2D eigenvalue weighted by molar-refractivity contribution is 7.09. The normalized spacial score (nSPS) is 10.9. The molecule has 0 unspecified atom stereocenters. The number of hydrogen-bond acceptors (Lipinski definition) is 4. The van der Waals surface area contributed by atoms with Crippen molar-refractivity contribution in [2.75, 3.05) is 0 Å². The van der Waals surface area contributed by atoms with Crippen LogP contribution in [0.25, 0.3) is 0 Å². The van der Waals surface area contributed by atoms with Crippen molar-refractivity contribution in [1.82, 2.24) is 10.4 Å². The summed E-state index contributed by atoms with van der Waals surface area (Å²) in [6, 6.07) is 5.15. The van der Waals surface area contributed by atoms with Crippen LogP contribution in [0, 0.1) is 6.92 Å². The number of carbonyl (C=O) groups is 1. The molecule has 0 aliphatic heterocycles. The van der Waals surface area contributed by atoms with E-state index < -0.39 is 0 Å². The molecule has 1 N–H and O–H groups in total. The SMILES string of the molecule is Cc1nc(CC(=O)NN=Cc2c(Cl)cccc2Cl)cs1. The zero-order chi connectivity index (χ0) is 14.5. The van der Waals surface area contributed by atoms with Gasteiger partial charge in [0, 0.05) is 10.9 Å². The third kappa shape index (κ3) is 4.03. The molecule has 0 saturated carbocycles. The van der Waals surface area contributed by atoms with Crippen LogP contribution in [0.3, 0.4) is 0 Å². The Balaban J connectivity index is 1.94. The van der Waals surface area contributed by atoms with Gasteiger partial charge >= 0.3 is 0 Å². The highest BCUT2D eigenvalue weighted by Crippen LogP contribution is 2.21. The smallest absolute Gasteiger partial charge is 0.246 e. The minimum atomic E-state index is -0.241. The maximum atomic E-state index is 11.7. The molecular weight excluding hydrogens is 317 g/mol. The van der Waals surface area contributed by atoms with Gasteiger partial charge in [0.25, 0.3) is 0 Å². The Labute approximate surface area is 130 Å². The molecule has 1 aromatic carbocycles. The van der Waals surface area contributed by atoms with Crippen LogP contribution in [0.2, 0.25) is 10.0 Å². The average molecular weight is 328 g/mol. The summed E-state index contributed by atoms with van der Waals surface area (Å²) in [6.07, 6.45) is 1.62. The van der Waals surface area contributed by atoms with E-state index in [4.69, 9.17) is 23.2 Å². The lowest BCUT2D eigenvalue weighted by Gasteiger charge is -2.01. The fourth-order valence-corrected chi connectivity index (χ4v) is 2.60. The summed E-state index contributed by atoms with van der Waals surface area (Å²) >= 11 is 13.5. The van der Waals surface area contributed by atoms with E-state index >= 15 is 0 Å². The predicted molar refractivity (Wildman–Crippen MR) is 82.8 cm³/mol. The van der Waals surface area contributed by atoms with Gasteiger partial charge in [-0.25, -0.2) is 10.4 Å². The number of hydrazone groups is 1. The lowest BCUT2D eigenvalue weighted by Crippen LogP contribution is -2.20. The summed E-state index contributed by atoms with van der Waals surface area (Å²) in [5.74, 6) is -0.241. The summed E-state index contributed by atoms with van der Waals surface area (Å²) in [7, 11) is 0. The molecule has 1 aromatic heterocycles. The zero-order valence-corrected chi connectivity index (χ0v) is 12.9. The molecule has 0 saturated heterocycles. The van der Waals surface area contributed by atoms with E-state index in [1.165, 1.54) is 17.6 Å². The number of amides is 1. The van der Waals surface area contributed by atoms with Crippen LogP contribution < -0.4 is 5.43 Å². The number of nitrogens with zero attached hydrogens (tertiary/aromatic N) is 2. The molecule has 0 spiro atoms. The molecule has 2 rings (SSSR count). The number of benzene rings is 1. The molecule has 4 nitrogen and oxygen atoms in total. The van der Waals surface area contributed by atoms with Gasteiger partial charge in [-0.2, -0.15) is 5.10 Å². The van der Waals surface area contributed by atoms with Crippen molar-refractivity contribution < 1.29 is 4.79 Å². The number of aryl methyl sites for hydroxylation is 1. The topological polar surface area (TPSA) is 54.4 Å². The summed E-state index contributed by atoms with van der Waals surface area (Å²) in [5, 5.41) is 7.58. The maximum absolute atomic E-state index is 11.7. The van der Waals surface area contributed by atoms with Crippen LogP contribution in [0.4, 0.5) is 0 Å². The average Bonchev–Trinajstić information content (AvgIpc) is 2.78. The highest BCUT2D eigenvalue weighted by Gasteiger charge is 2.06. The highest BCUT2D eigenvalue weighted by atomic mass is 35.5. The van der Waals surface area contributed by atoms with Crippen LogP contribution in [0.15, 0.2) is 28.7 Å². The number of carbonyl (C=O) groups excluding carboxylic acids is 1. The van der Waals surface area contributed by atoms with Crippen molar-refractivity contribution in [1.29, 1.82) is 0 Å². The van der Waals surface area contributed by atoms with Gasteiger partial charge in [-0.15, -0.1) is 11.3 Å². The van der Waals surface area contributed by atoms with Crippen LogP contribution >= 0.6 is 34.5 Å². The van der Waals surface area contributed by atoms with E-state index in [1.807, 2.05) is 12.3 Å². The van der Waals surface area contributed by atoms with Crippen molar-refractivity contribution in [3.05, 3.63) is 49.9 Å². The van der Waals surface area contributed by atoms with Crippen molar-refractivity contribution >= 4 is 46.7 Å². The Bertz CT molecular complexity index is 635. The van der Waals surface area contributed by atoms with Crippen LogP contribution in [-0.4, -0.2) is 17.1 Å².